The Morgan fingerprint density at radius 2 is 2.17 bits per heavy atom. The molecule has 0 aliphatic heterocycles. The molecule has 4 heteroatoms. The van der Waals surface area contributed by atoms with E-state index in [9.17, 15) is 0 Å². The van der Waals surface area contributed by atoms with Crippen molar-refractivity contribution in [1.82, 2.24) is 5.32 Å². The maximum Gasteiger partial charge on any atom is 0.0746 e. The topological polar surface area (TPSA) is 21.3 Å². The molecule has 18 heavy (non-hydrogen) atoms. The van der Waals surface area contributed by atoms with Gasteiger partial charge in [-0.05, 0) is 36.7 Å². The van der Waals surface area contributed by atoms with Crippen LogP contribution in [0.5, 0.6) is 0 Å². The van der Waals surface area contributed by atoms with Crippen LogP contribution in [0.3, 0.4) is 0 Å². The monoisotopic (exact) mass is 281 g/mol. The number of hydrogen-bond acceptors (Lipinski definition) is 4. The Kier molecular flexibility index (Phi) is 4.56. The smallest absolute Gasteiger partial charge is 0.0746 e. The highest BCUT2D eigenvalue weighted by molar-refractivity contribution is 7.14. The summed E-state index contributed by atoms with van der Waals surface area (Å²) in [5.41, 5.74) is 1.23. The van der Waals surface area contributed by atoms with Gasteiger partial charge < -0.3 is 10.1 Å². The highest BCUT2D eigenvalue weighted by Gasteiger charge is 2.15. The van der Waals surface area contributed by atoms with Crippen LogP contribution in [-0.2, 0) is 11.3 Å². The van der Waals surface area contributed by atoms with Crippen molar-refractivity contribution >= 4 is 22.7 Å². The minimum absolute atomic E-state index is 0.103. The molecule has 1 N–H and O–H groups in total. The summed E-state index contributed by atoms with van der Waals surface area (Å²) >= 11 is 3.60. The summed E-state index contributed by atoms with van der Waals surface area (Å²) in [5, 5.41) is 7.78. The van der Waals surface area contributed by atoms with Crippen LogP contribution in [0.15, 0.2) is 29.0 Å². The normalized spacial score (nSPS) is 11.9. The molecule has 0 fully saturated rings. The van der Waals surface area contributed by atoms with Gasteiger partial charge >= 0.3 is 0 Å². The molecule has 0 amide bonds. The van der Waals surface area contributed by atoms with E-state index in [1.165, 1.54) is 15.3 Å². The molecule has 2 aromatic heterocycles. The van der Waals surface area contributed by atoms with Gasteiger partial charge in [0.2, 0.25) is 0 Å². The Labute approximate surface area is 117 Å². The molecule has 0 saturated heterocycles. The molecular formula is C14H19NOS2. The van der Waals surface area contributed by atoms with Crippen molar-refractivity contribution in [3.05, 3.63) is 33.8 Å². The molecule has 0 aliphatic carbocycles. The van der Waals surface area contributed by atoms with Crippen molar-refractivity contribution in [2.24, 2.45) is 0 Å². The maximum atomic E-state index is 5.38. The SMILES string of the molecule is COC(C)(C)CNCc1cc(-c2cccs2)cs1. The second kappa shape index (κ2) is 5.97. The zero-order valence-corrected chi connectivity index (χ0v) is 12.7. The van der Waals surface area contributed by atoms with Gasteiger partial charge in [-0.25, -0.2) is 0 Å². The van der Waals surface area contributed by atoms with Crippen LogP contribution in [-0.4, -0.2) is 19.3 Å². The third kappa shape index (κ3) is 3.65. The Balaban J connectivity index is 1.88. The molecule has 2 heterocycles. The largest absolute Gasteiger partial charge is 0.377 e. The zero-order chi connectivity index (χ0) is 13.0. The predicted octanol–water partition coefficient (Wildman–Crippen LogP) is 3.99. The van der Waals surface area contributed by atoms with Crippen molar-refractivity contribution in [2.75, 3.05) is 13.7 Å². The lowest BCUT2D eigenvalue weighted by atomic mass is 10.1. The van der Waals surface area contributed by atoms with E-state index in [1.807, 2.05) is 11.3 Å². The number of nitrogens with one attached hydrogen (secondary N) is 1. The van der Waals surface area contributed by atoms with Crippen molar-refractivity contribution < 1.29 is 4.74 Å². The summed E-state index contributed by atoms with van der Waals surface area (Å²) in [6.07, 6.45) is 0. The van der Waals surface area contributed by atoms with Gasteiger partial charge in [-0.3, -0.25) is 0 Å². The van der Waals surface area contributed by atoms with Crippen molar-refractivity contribution in [3.63, 3.8) is 0 Å². The molecule has 2 rings (SSSR count). The number of hydrogen-bond donors (Lipinski definition) is 1. The van der Waals surface area contributed by atoms with Crippen molar-refractivity contribution in [1.29, 1.82) is 0 Å². The minimum Gasteiger partial charge on any atom is -0.377 e. The van der Waals surface area contributed by atoms with E-state index in [-0.39, 0.29) is 5.60 Å². The summed E-state index contributed by atoms with van der Waals surface area (Å²) in [7, 11) is 1.75. The fourth-order valence-corrected chi connectivity index (χ4v) is 3.25. The Hall–Kier alpha value is -0.680. The molecule has 0 aromatic carbocycles. The molecule has 0 saturated carbocycles. The van der Waals surface area contributed by atoms with E-state index in [0.717, 1.165) is 13.1 Å². The van der Waals surface area contributed by atoms with Gasteiger partial charge in [0.1, 0.15) is 0 Å². The van der Waals surface area contributed by atoms with Crippen LogP contribution in [0.4, 0.5) is 0 Å². The van der Waals surface area contributed by atoms with E-state index < -0.39 is 0 Å². The van der Waals surface area contributed by atoms with Gasteiger partial charge in [0.25, 0.3) is 0 Å². The second-order valence-electron chi connectivity index (χ2n) is 4.85. The molecule has 2 aromatic rings. The van der Waals surface area contributed by atoms with E-state index >= 15 is 0 Å². The average molecular weight is 281 g/mol. The molecule has 0 atom stereocenters. The number of rotatable bonds is 6. The molecule has 98 valence electrons. The van der Waals surface area contributed by atoms with Crippen molar-refractivity contribution in [2.45, 2.75) is 26.0 Å². The number of ether oxygens (including phenoxy) is 1. The molecule has 2 nitrogen and oxygen atoms in total. The minimum atomic E-state index is -0.103. The average Bonchev–Trinajstić information content (AvgIpc) is 2.98. The lowest BCUT2D eigenvalue weighted by Crippen LogP contribution is -2.36. The fourth-order valence-electron chi connectivity index (χ4n) is 1.60. The van der Waals surface area contributed by atoms with Crippen LogP contribution < -0.4 is 5.32 Å². The predicted molar refractivity (Wildman–Crippen MR) is 80.4 cm³/mol. The van der Waals surface area contributed by atoms with Gasteiger partial charge in [0.15, 0.2) is 0 Å². The lowest BCUT2D eigenvalue weighted by molar-refractivity contribution is 0.0231. The van der Waals surface area contributed by atoms with E-state index in [0.29, 0.717) is 0 Å². The molecule has 0 spiro atoms. The fraction of sp³-hybridized carbons (Fsp3) is 0.429. The summed E-state index contributed by atoms with van der Waals surface area (Å²) < 4.78 is 5.38. The lowest BCUT2D eigenvalue weighted by Gasteiger charge is -2.22. The third-order valence-corrected chi connectivity index (χ3v) is 4.72. The number of methoxy groups -OCH3 is 1. The highest BCUT2D eigenvalue weighted by atomic mass is 32.1. The van der Waals surface area contributed by atoms with E-state index in [1.54, 1.807) is 18.4 Å². The van der Waals surface area contributed by atoms with Gasteiger partial charge in [0, 0.05) is 35.5 Å². The van der Waals surface area contributed by atoms with Gasteiger partial charge in [-0.2, -0.15) is 0 Å². The first-order valence-electron chi connectivity index (χ1n) is 5.98. The first-order valence-corrected chi connectivity index (χ1v) is 7.74. The van der Waals surface area contributed by atoms with Gasteiger partial charge in [0.05, 0.1) is 5.60 Å². The quantitative estimate of drug-likeness (QED) is 0.864. The van der Waals surface area contributed by atoms with E-state index in [2.05, 4.69) is 48.1 Å². The Morgan fingerprint density at radius 1 is 1.33 bits per heavy atom. The zero-order valence-electron chi connectivity index (χ0n) is 11.0. The summed E-state index contributed by atoms with van der Waals surface area (Å²) in [6, 6.07) is 6.53. The summed E-state index contributed by atoms with van der Waals surface area (Å²) in [5.74, 6) is 0. The van der Waals surface area contributed by atoms with E-state index in [4.69, 9.17) is 4.74 Å². The van der Waals surface area contributed by atoms with Crippen molar-refractivity contribution in [3.8, 4) is 10.4 Å². The first-order chi connectivity index (χ1) is 8.61. The van der Waals surface area contributed by atoms with Crippen LogP contribution in [0.25, 0.3) is 10.4 Å². The molecule has 0 unspecified atom stereocenters. The second-order valence-corrected chi connectivity index (χ2v) is 6.79. The van der Waals surface area contributed by atoms with Crippen LogP contribution in [0, 0.1) is 0 Å². The standard InChI is InChI=1S/C14H19NOS2/c1-14(2,16-3)10-15-8-12-7-11(9-18-12)13-5-4-6-17-13/h4-7,9,15H,8,10H2,1-3H3. The molecule has 0 bridgehead atoms. The maximum absolute atomic E-state index is 5.38. The summed E-state index contributed by atoms with van der Waals surface area (Å²) in [4.78, 5) is 2.71. The van der Waals surface area contributed by atoms with Gasteiger partial charge in [-0.1, -0.05) is 6.07 Å². The van der Waals surface area contributed by atoms with Crippen LogP contribution >= 0.6 is 22.7 Å². The molecule has 0 aliphatic rings. The first kappa shape index (κ1) is 13.7. The van der Waals surface area contributed by atoms with Crippen LogP contribution in [0.1, 0.15) is 18.7 Å². The summed E-state index contributed by atoms with van der Waals surface area (Å²) in [6.45, 7) is 5.94. The Bertz CT molecular complexity index is 474. The molecular weight excluding hydrogens is 262 g/mol. The van der Waals surface area contributed by atoms with Crippen LogP contribution in [0.2, 0.25) is 0 Å². The van der Waals surface area contributed by atoms with Gasteiger partial charge in [-0.15, -0.1) is 22.7 Å². The third-order valence-electron chi connectivity index (χ3n) is 2.86. The number of thiophene rings is 2. The molecule has 0 radical (unpaired) electrons. The highest BCUT2D eigenvalue weighted by Crippen LogP contribution is 2.29. The Morgan fingerprint density at radius 3 is 2.83 bits per heavy atom.